The van der Waals surface area contributed by atoms with E-state index in [9.17, 15) is 4.79 Å². The number of carbonyl (C=O) groups is 1. The molecular weight excluding hydrogens is 176 g/mol. The molecule has 0 aromatic rings. The van der Waals surface area contributed by atoms with Gasteiger partial charge in [-0.1, -0.05) is 11.8 Å². The Morgan fingerprint density at radius 1 is 1.75 bits per heavy atom. The molecule has 0 aromatic heterocycles. The van der Waals surface area contributed by atoms with E-state index in [-0.39, 0.29) is 5.97 Å². The smallest absolute Gasteiger partial charge is 0.302 e. The SMILES string of the molecule is COC(C)=O.CSC1=NCCN1. The topological polar surface area (TPSA) is 50.7 Å². The van der Waals surface area contributed by atoms with Gasteiger partial charge in [-0.15, -0.1) is 0 Å². The number of amidine groups is 1. The van der Waals surface area contributed by atoms with Gasteiger partial charge < -0.3 is 10.1 Å². The van der Waals surface area contributed by atoms with Crippen LogP contribution in [0.15, 0.2) is 4.99 Å². The number of aliphatic imine (C=N–C) groups is 1. The second-order valence-electron chi connectivity index (χ2n) is 2.01. The average molecular weight is 190 g/mol. The minimum absolute atomic E-state index is 0.245. The number of hydrogen-bond donors (Lipinski definition) is 1. The van der Waals surface area contributed by atoms with Gasteiger partial charge in [-0.05, 0) is 6.26 Å². The molecule has 12 heavy (non-hydrogen) atoms. The van der Waals surface area contributed by atoms with Crippen LogP contribution in [0.3, 0.4) is 0 Å². The first-order chi connectivity index (χ1) is 5.70. The first kappa shape index (κ1) is 11.3. The fourth-order valence-corrected chi connectivity index (χ4v) is 0.980. The van der Waals surface area contributed by atoms with Crippen molar-refractivity contribution in [2.45, 2.75) is 6.92 Å². The molecule has 0 spiro atoms. The number of hydrogen-bond acceptors (Lipinski definition) is 5. The molecule has 0 saturated carbocycles. The third-order valence-electron chi connectivity index (χ3n) is 1.12. The number of carbonyl (C=O) groups excluding carboxylic acids is 1. The largest absolute Gasteiger partial charge is 0.469 e. The molecule has 4 nitrogen and oxygen atoms in total. The van der Waals surface area contributed by atoms with E-state index >= 15 is 0 Å². The van der Waals surface area contributed by atoms with E-state index < -0.39 is 0 Å². The first-order valence-electron chi connectivity index (χ1n) is 3.57. The fraction of sp³-hybridized carbons (Fsp3) is 0.714. The van der Waals surface area contributed by atoms with Crippen LogP contribution in [0.2, 0.25) is 0 Å². The predicted molar refractivity (Wildman–Crippen MR) is 51.5 cm³/mol. The molecule has 1 heterocycles. The summed E-state index contributed by atoms with van der Waals surface area (Å²) in [6, 6.07) is 0. The van der Waals surface area contributed by atoms with Crippen molar-refractivity contribution in [2.24, 2.45) is 4.99 Å². The first-order valence-corrected chi connectivity index (χ1v) is 4.80. The summed E-state index contributed by atoms with van der Waals surface area (Å²) >= 11 is 1.67. The highest BCUT2D eigenvalue weighted by molar-refractivity contribution is 8.13. The van der Waals surface area contributed by atoms with Crippen LogP contribution in [0.1, 0.15) is 6.92 Å². The Morgan fingerprint density at radius 2 is 2.33 bits per heavy atom. The van der Waals surface area contributed by atoms with Crippen molar-refractivity contribution in [1.82, 2.24) is 5.32 Å². The zero-order valence-electron chi connectivity index (χ0n) is 7.59. The van der Waals surface area contributed by atoms with E-state index in [1.165, 1.54) is 14.0 Å². The van der Waals surface area contributed by atoms with Gasteiger partial charge in [0.2, 0.25) is 0 Å². The molecule has 0 aromatic carbocycles. The van der Waals surface area contributed by atoms with E-state index in [0.717, 1.165) is 18.3 Å². The highest BCUT2D eigenvalue weighted by atomic mass is 32.2. The lowest BCUT2D eigenvalue weighted by atomic mass is 10.7. The Hall–Kier alpha value is -0.710. The molecule has 70 valence electrons. The number of ether oxygens (including phenoxy) is 1. The molecule has 0 aliphatic carbocycles. The summed E-state index contributed by atoms with van der Waals surface area (Å²) in [5.41, 5.74) is 0. The van der Waals surface area contributed by atoms with Crippen LogP contribution in [-0.2, 0) is 9.53 Å². The highest BCUT2D eigenvalue weighted by Crippen LogP contribution is 1.97. The van der Waals surface area contributed by atoms with Crippen LogP contribution < -0.4 is 5.32 Å². The van der Waals surface area contributed by atoms with Gasteiger partial charge >= 0.3 is 5.97 Å². The Labute approximate surface area is 76.8 Å². The summed E-state index contributed by atoms with van der Waals surface area (Å²) in [4.78, 5) is 13.7. The Morgan fingerprint density at radius 3 is 2.50 bits per heavy atom. The second kappa shape index (κ2) is 6.97. The summed E-state index contributed by atoms with van der Waals surface area (Å²) in [6.07, 6.45) is 2.02. The molecule has 1 rings (SSSR count). The molecule has 0 atom stereocenters. The summed E-state index contributed by atoms with van der Waals surface area (Å²) in [6.45, 7) is 3.34. The standard InChI is InChI=1S/C4H8N2S.C3H6O2/c1-7-4-5-2-3-6-4;1-3(4)5-2/h2-3H2,1H3,(H,5,6);1-2H3. The molecule has 0 bridgehead atoms. The van der Waals surface area contributed by atoms with Gasteiger partial charge in [0, 0.05) is 13.5 Å². The van der Waals surface area contributed by atoms with Crippen LogP contribution in [0.4, 0.5) is 0 Å². The van der Waals surface area contributed by atoms with E-state index in [1.54, 1.807) is 11.8 Å². The lowest BCUT2D eigenvalue weighted by molar-refractivity contribution is -0.137. The molecule has 5 heteroatoms. The monoisotopic (exact) mass is 190 g/mol. The van der Waals surface area contributed by atoms with Crippen LogP contribution in [0.25, 0.3) is 0 Å². The number of nitrogens with zero attached hydrogens (tertiary/aromatic N) is 1. The van der Waals surface area contributed by atoms with Gasteiger partial charge in [0.25, 0.3) is 0 Å². The number of esters is 1. The van der Waals surface area contributed by atoms with Crippen molar-refractivity contribution in [3.63, 3.8) is 0 Å². The van der Waals surface area contributed by atoms with Crippen molar-refractivity contribution >= 4 is 22.9 Å². The highest BCUT2D eigenvalue weighted by Gasteiger charge is 1.99. The number of methoxy groups -OCH3 is 1. The third-order valence-corrected chi connectivity index (χ3v) is 1.78. The van der Waals surface area contributed by atoms with Gasteiger partial charge in [-0.25, -0.2) is 0 Å². The summed E-state index contributed by atoms with van der Waals surface area (Å²) in [5.74, 6) is -0.245. The van der Waals surface area contributed by atoms with Crippen molar-refractivity contribution in [2.75, 3.05) is 26.5 Å². The zero-order valence-corrected chi connectivity index (χ0v) is 8.40. The number of thioether (sulfide) groups is 1. The molecule has 0 unspecified atom stereocenters. The van der Waals surface area contributed by atoms with Crippen molar-refractivity contribution < 1.29 is 9.53 Å². The normalized spacial score (nSPS) is 13.8. The van der Waals surface area contributed by atoms with Crippen LogP contribution >= 0.6 is 11.8 Å². The Kier molecular flexibility index (Phi) is 6.55. The molecule has 1 aliphatic heterocycles. The van der Waals surface area contributed by atoms with Gasteiger partial charge in [0.05, 0.1) is 13.7 Å². The van der Waals surface area contributed by atoms with E-state index in [0.29, 0.717) is 0 Å². The molecule has 0 radical (unpaired) electrons. The third kappa shape index (κ3) is 6.03. The quantitative estimate of drug-likeness (QED) is 0.565. The van der Waals surface area contributed by atoms with E-state index in [1.807, 2.05) is 6.26 Å². The van der Waals surface area contributed by atoms with E-state index in [4.69, 9.17) is 0 Å². The van der Waals surface area contributed by atoms with Gasteiger partial charge in [-0.2, -0.15) is 0 Å². The lowest BCUT2D eigenvalue weighted by Crippen LogP contribution is -2.14. The predicted octanol–water partition coefficient (Wildman–Crippen LogP) is 0.488. The van der Waals surface area contributed by atoms with Crippen LogP contribution in [0.5, 0.6) is 0 Å². The minimum atomic E-state index is -0.245. The summed E-state index contributed by atoms with van der Waals surface area (Å²) in [7, 11) is 1.35. The van der Waals surface area contributed by atoms with Crippen molar-refractivity contribution in [3.05, 3.63) is 0 Å². The van der Waals surface area contributed by atoms with Gasteiger partial charge in [-0.3, -0.25) is 9.79 Å². The molecular formula is C7H14N2O2S. The number of nitrogens with one attached hydrogen (secondary N) is 1. The molecule has 0 saturated heterocycles. The average Bonchev–Trinajstić information content (AvgIpc) is 2.57. The maximum atomic E-state index is 9.59. The van der Waals surface area contributed by atoms with Crippen molar-refractivity contribution in [1.29, 1.82) is 0 Å². The van der Waals surface area contributed by atoms with Crippen LogP contribution in [0, 0.1) is 0 Å². The molecule has 0 amide bonds. The lowest BCUT2D eigenvalue weighted by Gasteiger charge is -1.91. The Balaban J connectivity index is 0.000000217. The maximum Gasteiger partial charge on any atom is 0.302 e. The summed E-state index contributed by atoms with van der Waals surface area (Å²) in [5, 5.41) is 4.20. The van der Waals surface area contributed by atoms with Gasteiger partial charge in [0.15, 0.2) is 5.17 Å². The van der Waals surface area contributed by atoms with Crippen LogP contribution in [-0.4, -0.2) is 37.6 Å². The maximum absolute atomic E-state index is 9.59. The summed E-state index contributed by atoms with van der Waals surface area (Å²) < 4.78 is 4.11. The van der Waals surface area contributed by atoms with E-state index in [2.05, 4.69) is 15.0 Å². The Bertz CT molecular complexity index is 171. The zero-order chi connectivity index (χ0) is 9.40. The van der Waals surface area contributed by atoms with Crippen molar-refractivity contribution in [3.8, 4) is 0 Å². The minimum Gasteiger partial charge on any atom is -0.469 e. The molecule has 1 N–H and O–H groups in total. The second-order valence-corrected chi connectivity index (χ2v) is 2.81. The van der Waals surface area contributed by atoms with Gasteiger partial charge in [0.1, 0.15) is 0 Å². The molecule has 1 aliphatic rings. The fourth-order valence-electron chi connectivity index (χ4n) is 0.513. The number of rotatable bonds is 0. The molecule has 0 fully saturated rings.